The van der Waals surface area contributed by atoms with Gasteiger partial charge < -0.3 is 14.7 Å². The van der Waals surface area contributed by atoms with Crippen LogP contribution in [0.25, 0.3) is 0 Å². The molecule has 1 heterocycles. The maximum atomic E-state index is 11.1. The maximum absolute atomic E-state index is 11.1. The summed E-state index contributed by atoms with van der Waals surface area (Å²) in [4.78, 5) is 13.1. The summed E-state index contributed by atoms with van der Waals surface area (Å²) in [5.41, 5.74) is 2.19. The Hall–Kier alpha value is -1.71. The summed E-state index contributed by atoms with van der Waals surface area (Å²) in [5.74, 6) is -0.273. The van der Waals surface area contributed by atoms with Gasteiger partial charge in [-0.25, -0.2) is 4.79 Å². The number of likely N-dealkylation sites (N-methyl/N-ethyl adjacent to an activating group) is 1. The molecule has 0 aliphatic carbocycles. The second-order valence-electron chi connectivity index (χ2n) is 4.38. The number of ether oxygens (including phenoxy) is 1. The average molecular weight is 235 g/mol. The Labute approximate surface area is 101 Å². The molecule has 0 spiro atoms. The van der Waals surface area contributed by atoms with Crippen molar-refractivity contribution in [3.8, 4) is 5.75 Å². The van der Waals surface area contributed by atoms with E-state index in [2.05, 4.69) is 13.0 Å². The van der Waals surface area contributed by atoms with E-state index >= 15 is 0 Å². The SMILES string of the molecule is CCc1ccc2c(c1)N(C)C(C)C(C(=O)O)O2. The molecular weight excluding hydrogens is 218 g/mol. The van der Waals surface area contributed by atoms with Gasteiger partial charge in [0, 0.05) is 7.05 Å². The number of hydrogen-bond donors (Lipinski definition) is 1. The van der Waals surface area contributed by atoms with Crippen molar-refractivity contribution in [2.45, 2.75) is 32.4 Å². The zero-order valence-electron chi connectivity index (χ0n) is 10.3. The van der Waals surface area contributed by atoms with Gasteiger partial charge in [0.05, 0.1) is 11.7 Å². The molecule has 0 saturated carbocycles. The first-order valence-corrected chi connectivity index (χ1v) is 5.79. The summed E-state index contributed by atoms with van der Waals surface area (Å²) in [6, 6.07) is 5.71. The van der Waals surface area contributed by atoms with Crippen LogP contribution in [0.3, 0.4) is 0 Å². The zero-order valence-corrected chi connectivity index (χ0v) is 10.3. The molecule has 0 saturated heterocycles. The summed E-state index contributed by atoms with van der Waals surface area (Å²) >= 11 is 0. The summed E-state index contributed by atoms with van der Waals surface area (Å²) in [6.45, 7) is 3.95. The fourth-order valence-corrected chi connectivity index (χ4v) is 2.07. The molecule has 2 rings (SSSR count). The van der Waals surface area contributed by atoms with Crippen LogP contribution in [-0.4, -0.2) is 30.3 Å². The Morgan fingerprint density at radius 1 is 1.53 bits per heavy atom. The van der Waals surface area contributed by atoms with E-state index in [1.165, 1.54) is 5.56 Å². The van der Waals surface area contributed by atoms with E-state index < -0.39 is 12.1 Å². The van der Waals surface area contributed by atoms with E-state index in [1.807, 2.05) is 31.0 Å². The van der Waals surface area contributed by atoms with Crippen molar-refractivity contribution >= 4 is 11.7 Å². The van der Waals surface area contributed by atoms with Gasteiger partial charge in [0.2, 0.25) is 6.10 Å². The number of nitrogens with zero attached hydrogens (tertiary/aromatic N) is 1. The topological polar surface area (TPSA) is 49.8 Å². The van der Waals surface area contributed by atoms with Gasteiger partial charge in [0.15, 0.2) is 0 Å². The first-order valence-electron chi connectivity index (χ1n) is 5.79. The lowest BCUT2D eigenvalue weighted by molar-refractivity contribution is -0.146. The third kappa shape index (κ3) is 1.95. The second-order valence-corrected chi connectivity index (χ2v) is 4.38. The number of carboxylic acids is 1. The Morgan fingerprint density at radius 2 is 2.24 bits per heavy atom. The van der Waals surface area contributed by atoms with E-state index in [4.69, 9.17) is 9.84 Å². The van der Waals surface area contributed by atoms with Crippen molar-refractivity contribution in [2.24, 2.45) is 0 Å². The van der Waals surface area contributed by atoms with E-state index in [0.717, 1.165) is 12.1 Å². The highest BCUT2D eigenvalue weighted by Gasteiger charge is 2.35. The average Bonchev–Trinajstić information content (AvgIpc) is 2.33. The molecule has 0 bridgehead atoms. The molecule has 0 amide bonds. The molecule has 1 aromatic rings. The number of rotatable bonds is 2. The van der Waals surface area contributed by atoms with Crippen LogP contribution in [0.2, 0.25) is 0 Å². The Morgan fingerprint density at radius 3 is 2.82 bits per heavy atom. The van der Waals surface area contributed by atoms with Crippen molar-refractivity contribution in [3.63, 3.8) is 0 Å². The normalized spacial score (nSPS) is 22.9. The molecule has 1 aliphatic rings. The van der Waals surface area contributed by atoms with Gasteiger partial charge >= 0.3 is 5.97 Å². The van der Waals surface area contributed by atoms with Gasteiger partial charge in [-0.15, -0.1) is 0 Å². The molecule has 1 N–H and O–H groups in total. The number of anilines is 1. The van der Waals surface area contributed by atoms with Crippen LogP contribution < -0.4 is 9.64 Å². The predicted octanol–water partition coefficient (Wildman–Crippen LogP) is 1.92. The third-order valence-electron chi connectivity index (χ3n) is 3.36. The molecule has 92 valence electrons. The van der Waals surface area contributed by atoms with Crippen LogP contribution in [0.1, 0.15) is 19.4 Å². The van der Waals surface area contributed by atoms with Gasteiger partial charge in [-0.1, -0.05) is 13.0 Å². The number of benzene rings is 1. The molecule has 1 aromatic carbocycles. The molecular formula is C13H17NO3. The molecule has 0 radical (unpaired) electrons. The molecule has 0 fully saturated rings. The second kappa shape index (κ2) is 4.28. The van der Waals surface area contributed by atoms with Crippen LogP contribution in [0.4, 0.5) is 5.69 Å². The fourth-order valence-electron chi connectivity index (χ4n) is 2.07. The van der Waals surface area contributed by atoms with Crippen LogP contribution in [0, 0.1) is 0 Å². The van der Waals surface area contributed by atoms with Gasteiger partial charge in [-0.05, 0) is 31.0 Å². The highest BCUT2D eigenvalue weighted by Crippen LogP contribution is 2.36. The van der Waals surface area contributed by atoms with E-state index in [9.17, 15) is 4.79 Å². The van der Waals surface area contributed by atoms with Crippen molar-refractivity contribution in [1.29, 1.82) is 0 Å². The lowest BCUT2D eigenvalue weighted by Crippen LogP contribution is -2.50. The smallest absolute Gasteiger partial charge is 0.347 e. The van der Waals surface area contributed by atoms with E-state index in [0.29, 0.717) is 5.75 Å². The van der Waals surface area contributed by atoms with Crippen molar-refractivity contribution < 1.29 is 14.6 Å². The monoisotopic (exact) mass is 235 g/mol. The predicted molar refractivity (Wildman–Crippen MR) is 65.7 cm³/mol. The number of fused-ring (bicyclic) bond motifs is 1. The van der Waals surface area contributed by atoms with Crippen LogP contribution in [0.5, 0.6) is 5.75 Å². The van der Waals surface area contributed by atoms with Crippen LogP contribution in [-0.2, 0) is 11.2 Å². The van der Waals surface area contributed by atoms with Crippen LogP contribution in [0.15, 0.2) is 18.2 Å². The molecule has 2 atom stereocenters. The standard InChI is InChI=1S/C13H17NO3/c1-4-9-5-6-11-10(7-9)14(3)8(2)12(17-11)13(15)16/h5-8,12H,4H2,1-3H3,(H,15,16). The molecule has 4 heteroatoms. The van der Waals surface area contributed by atoms with Gasteiger partial charge in [-0.3, -0.25) is 0 Å². The molecule has 2 unspecified atom stereocenters. The van der Waals surface area contributed by atoms with E-state index in [1.54, 1.807) is 0 Å². The first kappa shape index (κ1) is 11.8. The quantitative estimate of drug-likeness (QED) is 0.850. The maximum Gasteiger partial charge on any atom is 0.347 e. The molecule has 0 aromatic heterocycles. The van der Waals surface area contributed by atoms with E-state index in [-0.39, 0.29) is 6.04 Å². The highest BCUT2D eigenvalue weighted by atomic mass is 16.5. The van der Waals surface area contributed by atoms with Crippen molar-refractivity contribution in [3.05, 3.63) is 23.8 Å². The summed E-state index contributed by atoms with van der Waals surface area (Å²) in [5, 5.41) is 9.10. The van der Waals surface area contributed by atoms with Gasteiger partial charge in [-0.2, -0.15) is 0 Å². The van der Waals surface area contributed by atoms with Gasteiger partial charge in [0.1, 0.15) is 5.75 Å². The summed E-state index contributed by atoms with van der Waals surface area (Å²) < 4.78 is 5.53. The van der Waals surface area contributed by atoms with Crippen molar-refractivity contribution in [2.75, 3.05) is 11.9 Å². The lowest BCUT2D eigenvalue weighted by atomic mass is 10.0. The summed E-state index contributed by atoms with van der Waals surface area (Å²) in [7, 11) is 1.90. The first-order chi connectivity index (χ1) is 8.04. The molecule has 17 heavy (non-hydrogen) atoms. The zero-order chi connectivity index (χ0) is 12.6. The number of aryl methyl sites for hydroxylation is 1. The van der Waals surface area contributed by atoms with Gasteiger partial charge in [0.25, 0.3) is 0 Å². The minimum Gasteiger partial charge on any atom is -0.478 e. The minimum absolute atomic E-state index is 0.174. The Kier molecular flexibility index (Phi) is 2.96. The molecule has 4 nitrogen and oxygen atoms in total. The minimum atomic E-state index is -0.922. The Bertz CT molecular complexity index is 444. The van der Waals surface area contributed by atoms with Crippen LogP contribution >= 0.6 is 0 Å². The number of carboxylic acid groups (broad SMARTS) is 1. The number of aliphatic carboxylic acids is 1. The molecule has 1 aliphatic heterocycles. The highest BCUT2D eigenvalue weighted by molar-refractivity contribution is 5.77. The fraction of sp³-hybridized carbons (Fsp3) is 0.462. The largest absolute Gasteiger partial charge is 0.478 e. The summed E-state index contributed by atoms with van der Waals surface area (Å²) in [6.07, 6.45) is 0.151. The third-order valence-corrected chi connectivity index (χ3v) is 3.36. The Balaban J connectivity index is 2.41. The van der Waals surface area contributed by atoms with Crippen molar-refractivity contribution in [1.82, 2.24) is 0 Å². The lowest BCUT2D eigenvalue weighted by Gasteiger charge is -2.38. The number of carbonyl (C=O) groups is 1. The number of hydrogen-bond acceptors (Lipinski definition) is 3.